The number of amides is 1. The second-order valence-corrected chi connectivity index (χ2v) is 7.09. The van der Waals surface area contributed by atoms with Gasteiger partial charge < -0.3 is 4.90 Å². The average molecular weight is 385 g/mol. The van der Waals surface area contributed by atoms with Gasteiger partial charge in [-0.15, -0.1) is 0 Å². The van der Waals surface area contributed by atoms with Gasteiger partial charge in [0.15, 0.2) is 0 Å². The highest BCUT2D eigenvalue weighted by Crippen LogP contribution is 2.28. The predicted molar refractivity (Wildman–Crippen MR) is 111 cm³/mol. The third-order valence-corrected chi connectivity index (χ3v) is 5.45. The number of hydrogen-bond acceptors (Lipinski definition) is 5. The Kier molecular flexibility index (Phi) is 5.69. The molecule has 0 saturated carbocycles. The maximum Gasteiger partial charge on any atom is 0.254 e. The van der Waals surface area contributed by atoms with E-state index in [2.05, 4.69) is 21.0 Å². The number of hydrogen-bond donors (Lipinski definition) is 0. The molecule has 146 valence electrons. The Morgan fingerprint density at radius 2 is 1.79 bits per heavy atom. The quantitative estimate of drug-likeness (QED) is 0.673. The summed E-state index contributed by atoms with van der Waals surface area (Å²) in [6.07, 6.45) is 3.14. The van der Waals surface area contributed by atoms with Gasteiger partial charge in [-0.2, -0.15) is 5.26 Å². The van der Waals surface area contributed by atoms with Gasteiger partial charge in [-0.1, -0.05) is 12.1 Å². The van der Waals surface area contributed by atoms with Crippen LogP contribution in [0.2, 0.25) is 0 Å². The molecule has 1 aromatic carbocycles. The first-order valence-electron chi connectivity index (χ1n) is 9.36. The van der Waals surface area contributed by atoms with E-state index in [1.807, 2.05) is 39.8 Å². The number of carbonyl (C=O) groups excluding carboxylic acids is 1. The number of carbonyl (C=O) groups is 1. The van der Waals surface area contributed by atoms with E-state index in [1.54, 1.807) is 36.3 Å². The molecule has 0 radical (unpaired) electrons. The van der Waals surface area contributed by atoms with Crippen molar-refractivity contribution in [3.05, 3.63) is 76.5 Å². The Balaban J connectivity index is 1.90. The number of aromatic nitrogens is 3. The fourth-order valence-electron chi connectivity index (χ4n) is 3.19. The Morgan fingerprint density at radius 1 is 1.10 bits per heavy atom. The molecule has 1 unspecified atom stereocenters. The molecule has 0 spiro atoms. The lowest BCUT2D eigenvalue weighted by Gasteiger charge is -2.24. The first kappa shape index (κ1) is 20.2. The molecule has 3 aromatic rings. The van der Waals surface area contributed by atoms with Crippen LogP contribution in [-0.2, 0) is 0 Å². The molecule has 0 bridgehead atoms. The zero-order chi connectivity index (χ0) is 21.1. The lowest BCUT2D eigenvalue weighted by Crippen LogP contribution is -2.30. The van der Waals surface area contributed by atoms with Gasteiger partial charge in [-0.25, -0.2) is 9.97 Å². The van der Waals surface area contributed by atoms with Crippen molar-refractivity contribution in [1.82, 2.24) is 19.9 Å². The molecule has 3 rings (SSSR count). The fourth-order valence-corrected chi connectivity index (χ4v) is 3.19. The monoisotopic (exact) mass is 385 g/mol. The summed E-state index contributed by atoms with van der Waals surface area (Å²) in [6.45, 7) is 7.77. The van der Waals surface area contributed by atoms with Gasteiger partial charge in [0.05, 0.1) is 23.0 Å². The van der Waals surface area contributed by atoms with E-state index in [0.29, 0.717) is 16.8 Å². The van der Waals surface area contributed by atoms with Crippen molar-refractivity contribution in [3.8, 4) is 17.3 Å². The lowest BCUT2D eigenvalue weighted by molar-refractivity contribution is 0.0739. The van der Waals surface area contributed by atoms with Gasteiger partial charge in [0.1, 0.15) is 12.4 Å². The summed E-state index contributed by atoms with van der Waals surface area (Å²) in [5, 5.41) is 9.60. The molecule has 0 saturated heterocycles. The first-order valence-corrected chi connectivity index (χ1v) is 9.36. The fraction of sp³-hybridized carbons (Fsp3) is 0.261. The Hall–Kier alpha value is -3.59. The number of pyridine rings is 1. The summed E-state index contributed by atoms with van der Waals surface area (Å²) >= 11 is 0. The molecule has 2 aromatic heterocycles. The van der Waals surface area contributed by atoms with Crippen LogP contribution in [0.15, 0.2) is 42.9 Å². The van der Waals surface area contributed by atoms with Crippen LogP contribution in [0.3, 0.4) is 0 Å². The van der Waals surface area contributed by atoms with Crippen LogP contribution in [0.4, 0.5) is 0 Å². The largest absolute Gasteiger partial charge is 0.333 e. The molecule has 2 heterocycles. The molecule has 1 atom stereocenters. The van der Waals surface area contributed by atoms with E-state index in [-0.39, 0.29) is 11.9 Å². The zero-order valence-corrected chi connectivity index (χ0v) is 17.3. The highest BCUT2D eigenvalue weighted by atomic mass is 16.2. The predicted octanol–water partition coefficient (Wildman–Crippen LogP) is 4.17. The summed E-state index contributed by atoms with van der Waals surface area (Å²) in [6, 6.07) is 11.1. The normalized spacial score (nSPS) is 11.6. The zero-order valence-electron chi connectivity index (χ0n) is 17.3. The highest BCUT2D eigenvalue weighted by Gasteiger charge is 2.20. The molecular formula is C23H23N5O. The van der Waals surface area contributed by atoms with Crippen molar-refractivity contribution in [1.29, 1.82) is 5.26 Å². The Morgan fingerprint density at radius 3 is 2.38 bits per heavy atom. The molecule has 6 heteroatoms. The molecule has 6 nitrogen and oxygen atoms in total. The topological polar surface area (TPSA) is 82.8 Å². The molecule has 0 fully saturated rings. The van der Waals surface area contributed by atoms with Crippen molar-refractivity contribution >= 4 is 5.91 Å². The van der Waals surface area contributed by atoms with E-state index >= 15 is 0 Å². The van der Waals surface area contributed by atoms with Crippen molar-refractivity contribution in [2.24, 2.45) is 0 Å². The van der Waals surface area contributed by atoms with E-state index in [0.717, 1.165) is 28.1 Å². The smallest absolute Gasteiger partial charge is 0.254 e. The maximum absolute atomic E-state index is 12.9. The number of aryl methyl sites for hydroxylation is 1. The molecule has 0 aliphatic heterocycles. The summed E-state index contributed by atoms with van der Waals surface area (Å²) in [5.41, 5.74) is 6.24. The van der Waals surface area contributed by atoms with Gasteiger partial charge >= 0.3 is 0 Å². The minimum absolute atomic E-state index is 0.104. The van der Waals surface area contributed by atoms with Gasteiger partial charge in [-0.3, -0.25) is 9.78 Å². The summed E-state index contributed by atoms with van der Waals surface area (Å²) in [7, 11) is 1.76. The maximum atomic E-state index is 12.9. The summed E-state index contributed by atoms with van der Waals surface area (Å²) < 4.78 is 0. The van der Waals surface area contributed by atoms with Gasteiger partial charge in [0.2, 0.25) is 0 Å². The van der Waals surface area contributed by atoms with Crippen LogP contribution in [0.1, 0.15) is 51.4 Å². The van der Waals surface area contributed by atoms with Crippen molar-refractivity contribution in [2.45, 2.75) is 33.7 Å². The van der Waals surface area contributed by atoms with Crippen LogP contribution in [0.25, 0.3) is 11.3 Å². The molecule has 0 aliphatic carbocycles. The third kappa shape index (κ3) is 3.85. The number of nitrogens with zero attached hydrogens (tertiary/aromatic N) is 5. The number of nitriles is 1. The van der Waals surface area contributed by atoms with Gasteiger partial charge in [0, 0.05) is 30.1 Å². The second-order valence-electron chi connectivity index (χ2n) is 7.09. The molecular weight excluding hydrogens is 362 g/mol. The van der Waals surface area contributed by atoms with Gasteiger partial charge in [-0.05, 0) is 57.0 Å². The summed E-state index contributed by atoms with van der Waals surface area (Å²) in [5.74, 6) is -0.104. The third-order valence-electron chi connectivity index (χ3n) is 5.45. The van der Waals surface area contributed by atoms with E-state index in [1.165, 1.54) is 6.33 Å². The lowest BCUT2D eigenvalue weighted by atomic mass is 9.97. The van der Waals surface area contributed by atoms with E-state index in [9.17, 15) is 10.1 Å². The standard InChI is InChI=1S/C23H23N5O/c1-14-15(2)20(12-24)22(27-16(14)3)18-6-8-19(9-7-18)23(29)28(5)17(4)21-10-11-25-13-26-21/h6-11,13,17H,1-5H3. The average Bonchev–Trinajstić information content (AvgIpc) is 2.76. The molecule has 0 N–H and O–H groups in total. The Bertz CT molecular complexity index is 1080. The number of benzene rings is 1. The minimum atomic E-state index is -0.181. The summed E-state index contributed by atoms with van der Waals surface area (Å²) in [4.78, 5) is 27.3. The van der Waals surface area contributed by atoms with Crippen LogP contribution in [0.5, 0.6) is 0 Å². The van der Waals surface area contributed by atoms with Crippen molar-refractivity contribution in [3.63, 3.8) is 0 Å². The van der Waals surface area contributed by atoms with Gasteiger partial charge in [0.25, 0.3) is 5.91 Å². The van der Waals surface area contributed by atoms with Crippen molar-refractivity contribution < 1.29 is 4.79 Å². The molecule has 1 amide bonds. The second kappa shape index (κ2) is 8.19. The van der Waals surface area contributed by atoms with Crippen LogP contribution >= 0.6 is 0 Å². The molecule has 0 aliphatic rings. The Labute approximate surface area is 170 Å². The van der Waals surface area contributed by atoms with Crippen LogP contribution < -0.4 is 0 Å². The minimum Gasteiger partial charge on any atom is -0.333 e. The van der Waals surface area contributed by atoms with E-state index < -0.39 is 0 Å². The van der Waals surface area contributed by atoms with Crippen molar-refractivity contribution in [2.75, 3.05) is 7.05 Å². The highest BCUT2D eigenvalue weighted by molar-refractivity contribution is 5.94. The SMILES string of the molecule is Cc1nc(-c2ccc(C(=O)N(C)C(C)c3ccncn3)cc2)c(C#N)c(C)c1C. The van der Waals surface area contributed by atoms with Crippen LogP contribution in [0, 0.1) is 32.1 Å². The van der Waals surface area contributed by atoms with E-state index in [4.69, 9.17) is 0 Å². The van der Waals surface area contributed by atoms with Crippen LogP contribution in [-0.4, -0.2) is 32.8 Å². The molecule has 29 heavy (non-hydrogen) atoms. The first-order chi connectivity index (χ1) is 13.8. The number of rotatable bonds is 4.